The van der Waals surface area contributed by atoms with E-state index in [4.69, 9.17) is 42.6 Å². The smallest absolute Gasteiger partial charge is 0.308 e. The zero-order valence-corrected chi connectivity index (χ0v) is 27.0. The molecule has 0 aromatic heterocycles. The summed E-state index contributed by atoms with van der Waals surface area (Å²) in [7, 11) is 0. The van der Waals surface area contributed by atoms with Gasteiger partial charge in [0.2, 0.25) is 0 Å². The predicted octanol–water partition coefficient (Wildman–Crippen LogP) is 4.52. The lowest BCUT2D eigenvalue weighted by Crippen LogP contribution is -2.24. The lowest BCUT2D eigenvalue weighted by atomic mass is 10.1. The zero-order valence-electron chi connectivity index (χ0n) is 27.0. The molecule has 0 aliphatic rings. The molecule has 0 heterocycles. The monoisotopic (exact) mass is 608 g/mol. The van der Waals surface area contributed by atoms with E-state index in [-0.39, 0.29) is 25.0 Å². The van der Waals surface area contributed by atoms with Crippen molar-refractivity contribution in [2.75, 3.05) is 99.1 Å². The van der Waals surface area contributed by atoms with E-state index in [9.17, 15) is 9.59 Å². The van der Waals surface area contributed by atoms with Crippen LogP contribution in [0, 0.1) is 0 Å². The van der Waals surface area contributed by atoms with Crippen LogP contribution in [0.15, 0.2) is 0 Å². The Balaban J connectivity index is 3.16. The van der Waals surface area contributed by atoms with Crippen molar-refractivity contribution in [2.24, 2.45) is 0 Å². The van der Waals surface area contributed by atoms with Crippen LogP contribution in [-0.4, -0.2) is 117 Å². The average Bonchev–Trinajstić information content (AvgIpc) is 2.94. The highest BCUT2D eigenvalue weighted by atomic mass is 16.6. The lowest BCUT2D eigenvalue weighted by molar-refractivity contribution is -0.156. The lowest BCUT2D eigenvalue weighted by Gasteiger charge is -2.19. The van der Waals surface area contributed by atoms with Crippen LogP contribution in [-0.2, 0) is 52.2 Å². The number of hydrogen-bond donors (Lipinski definition) is 0. The van der Waals surface area contributed by atoms with Gasteiger partial charge in [0.05, 0.1) is 98.9 Å². The fourth-order valence-corrected chi connectivity index (χ4v) is 3.48. The molecule has 0 aliphatic carbocycles. The minimum atomic E-state index is -0.472. The highest BCUT2D eigenvalue weighted by molar-refractivity contribution is 5.70. The molecule has 0 N–H and O–H groups in total. The molecule has 250 valence electrons. The molecule has 0 unspecified atom stereocenters. The van der Waals surface area contributed by atoms with Crippen molar-refractivity contribution in [3.8, 4) is 0 Å². The largest absolute Gasteiger partial charge is 0.463 e. The molecule has 0 atom stereocenters. The van der Waals surface area contributed by atoms with Gasteiger partial charge in [0, 0.05) is 6.42 Å². The maximum atomic E-state index is 11.7. The molecule has 0 aromatic rings. The van der Waals surface area contributed by atoms with E-state index in [1.54, 1.807) is 0 Å². The molecule has 42 heavy (non-hydrogen) atoms. The molecule has 11 heteroatoms. The molecule has 0 saturated carbocycles. The normalized spacial score (nSPS) is 11.6. The molecule has 0 bridgehead atoms. The van der Waals surface area contributed by atoms with Crippen molar-refractivity contribution in [1.29, 1.82) is 0 Å². The van der Waals surface area contributed by atoms with E-state index in [1.165, 1.54) is 32.1 Å². The van der Waals surface area contributed by atoms with E-state index < -0.39 is 5.60 Å². The number of carbonyl (C=O) groups excluding carboxylic acids is 2. The molecule has 0 rings (SSSR count). The first-order valence-electron chi connectivity index (χ1n) is 15.8. The summed E-state index contributed by atoms with van der Waals surface area (Å²) in [5, 5.41) is 0. The van der Waals surface area contributed by atoms with Gasteiger partial charge in [-0.2, -0.15) is 0 Å². The van der Waals surface area contributed by atoms with Gasteiger partial charge in [0.1, 0.15) is 12.2 Å². The van der Waals surface area contributed by atoms with Crippen LogP contribution >= 0.6 is 0 Å². The molecular formula is C31H60O11. The first kappa shape index (κ1) is 40.7. The Hall–Kier alpha value is -1.34. The van der Waals surface area contributed by atoms with Crippen LogP contribution < -0.4 is 0 Å². The second-order valence-electron chi connectivity index (χ2n) is 10.7. The summed E-state index contributed by atoms with van der Waals surface area (Å²) < 4.78 is 48.4. The molecule has 0 fully saturated rings. The maximum absolute atomic E-state index is 11.7. The van der Waals surface area contributed by atoms with E-state index in [0.29, 0.717) is 98.9 Å². The van der Waals surface area contributed by atoms with E-state index in [2.05, 4.69) is 6.92 Å². The molecule has 0 aliphatic heterocycles. The topological polar surface area (TPSA) is 117 Å². The number of unbranched alkanes of at least 4 members (excludes halogenated alkanes) is 6. The Morgan fingerprint density at radius 2 is 0.786 bits per heavy atom. The van der Waals surface area contributed by atoms with Gasteiger partial charge >= 0.3 is 11.9 Å². The Kier molecular flexibility index (Phi) is 30.1. The van der Waals surface area contributed by atoms with Gasteiger partial charge in [-0.25, -0.2) is 0 Å². The predicted molar refractivity (Wildman–Crippen MR) is 160 cm³/mol. The molecule has 0 saturated heterocycles. The summed E-state index contributed by atoms with van der Waals surface area (Å²) in [5.41, 5.74) is -0.472. The highest BCUT2D eigenvalue weighted by Gasteiger charge is 2.15. The molecule has 0 spiro atoms. The number of rotatable bonds is 32. The Labute approximate surface area is 254 Å². The fraction of sp³-hybridized carbons (Fsp3) is 0.935. The van der Waals surface area contributed by atoms with Crippen LogP contribution in [0.1, 0.15) is 85.5 Å². The van der Waals surface area contributed by atoms with E-state index in [1.807, 2.05) is 20.8 Å². The molecule has 0 radical (unpaired) electrons. The van der Waals surface area contributed by atoms with Crippen LogP contribution in [0.3, 0.4) is 0 Å². The van der Waals surface area contributed by atoms with Crippen LogP contribution in [0.5, 0.6) is 0 Å². The van der Waals surface area contributed by atoms with Gasteiger partial charge in [-0.15, -0.1) is 0 Å². The molecule has 11 nitrogen and oxygen atoms in total. The molecule has 0 aromatic carbocycles. The van der Waals surface area contributed by atoms with Gasteiger partial charge in [0.25, 0.3) is 0 Å². The summed E-state index contributed by atoms with van der Waals surface area (Å²) in [5.74, 6) is -0.408. The summed E-state index contributed by atoms with van der Waals surface area (Å²) in [4.78, 5) is 23.2. The number of hydrogen-bond acceptors (Lipinski definition) is 11. The minimum absolute atomic E-state index is 0.143. The third kappa shape index (κ3) is 34.9. The van der Waals surface area contributed by atoms with Crippen molar-refractivity contribution < 1.29 is 52.2 Å². The summed E-state index contributed by atoms with van der Waals surface area (Å²) >= 11 is 0. The molecular weight excluding hydrogens is 548 g/mol. The fourth-order valence-electron chi connectivity index (χ4n) is 3.48. The van der Waals surface area contributed by atoms with Crippen molar-refractivity contribution in [3.63, 3.8) is 0 Å². The summed E-state index contributed by atoms with van der Waals surface area (Å²) in [6.45, 7) is 14.3. The van der Waals surface area contributed by atoms with Crippen LogP contribution in [0.4, 0.5) is 0 Å². The van der Waals surface area contributed by atoms with Crippen LogP contribution in [0.2, 0.25) is 0 Å². The van der Waals surface area contributed by atoms with Gasteiger partial charge in [-0.3, -0.25) is 9.59 Å². The van der Waals surface area contributed by atoms with Gasteiger partial charge in [-0.05, 0) is 27.2 Å². The SMILES string of the molecule is CCCCCCCCCC(=O)OCCOCCOCCOCCOCCOCCOCCOCCC(=O)OC(C)(C)C. The van der Waals surface area contributed by atoms with E-state index >= 15 is 0 Å². The average molecular weight is 609 g/mol. The number of carbonyl (C=O) groups is 2. The number of esters is 2. The third-order valence-electron chi connectivity index (χ3n) is 5.58. The van der Waals surface area contributed by atoms with Gasteiger partial charge < -0.3 is 42.6 Å². The quantitative estimate of drug-likeness (QED) is 0.0793. The molecule has 0 amide bonds. The van der Waals surface area contributed by atoms with Crippen molar-refractivity contribution in [2.45, 2.75) is 91.1 Å². The zero-order chi connectivity index (χ0) is 31.0. The standard InChI is InChI=1S/C31H60O11/c1-5-6-7-8-9-10-11-12-29(32)41-28-27-40-26-25-39-24-23-38-22-21-37-20-19-36-18-17-35-16-15-34-14-13-30(33)42-31(2,3)4/h5-28H2,1-4H3. The Morgan fingerprint density at radius 3 is 1.19 bits per heavy atom. The second kappa shape index (κ2) is 31.1. The Morgan fingerprint density at radius 1 is 0.429 bits per heavy atom. The van der Waals surface area contributed by atoms with E-state index in [0.717, 1.165) is 12.8 Å². The summed E-state index contributed by atoms with van der Waals surface area (Å²) in [6.07, 6.45) is 9.02. The van der Waals surface area contributed by atoms with Crippen molar-refractivity contribution in [3.05, 3.63) is 0 Å². The van der Waals surface area contributed by atoms with Gasteiger partial charge in [-0.1, -0.05) is 45.4 Å². The number of ether oxygens (including phenoxy) is 9. The highest BCUT2D eigenvalue weighted by Crippen LogP contribution is 2.09. The Bertz CT molecular complexity index is 596. The van der Waals surface area contributed by atoms with Crippen molar-refractivity contribution >= 4 is 11.9 Å². The third-order valence-corrected chi connectivity index (χ3v) is 5.58. The van der Waals surface area contributed by atoms with Crippen LogP contribution in [0.25, 0.3) is 0 Å². The second-order valence-corrected chi connectivity index (χ2v) is 10.7. The minimum Gasteiger partial charge on any atom is -0.463 e. The first-order chi connectivity index (χ1) is 20.3. The first-order valence-corrected chi connectivity index (χ1v) is 15.8. The maximum Gasteiger partial charge on any atom is 0.308 e. The van der Waals surface area contributed by atoms with Gasteiger partial charge in [0.15, 0.2) is 0 Å². The van der Waals surface area contributed by atoms with Crippen molar-refractivity contribution in [1.82, 2.24) is 0 Å². The summed E-state index contributed by atoms with van der Waals surface area (Å²) in [6, 6.07) is 0.